The normalized spacial score (nSPS) is 12.5. The van der Waals surface area contributed by atoms with Crippen molar-refractivity contribution < 1.29 is 5.11 Å². The van der Waals surface area contributed by atoms with Crippen LogP contribution in [-0.2, 0) is 0 Å². The van der Waals surface area contributed by atoms with Gasteiger partial charge in [0, 0.05) is 10.9 Å². The molecular formula is C12H11N5OS. The third-order valence-electron chi connectivity index (χ3n) is 2.63. The highest BCUT2D eigenvalue weighted by Crippen LogP contribution is 2.26. The molecule has 3 aromatic rings. The van der Waals surface area contributed by atoms with Crippen molar-refractivity contribution in [3.63, 3.8) is 0 Å². The number of aliphatic hydroxyl groups is 1. The van der Waals surface area contributed by atoms with Crippen LogP contribution in [-0.4, -0.2) is 30.3 Å². The van der Waals surface area contributed by atoms with Gasteiger partial charge in [-0.05, 0) is 29.5 Å². The highest BCUT2D eigenvalue weighted by atomic mass is 32.1. The second kappa shape index (κ2) is 4.87. The molecule has 0 amide bonds. The van der Waals surface area contributed by atoms with Crippen molar-refractivity contribution >= 4 is 11.3 Å². The number of aromatic nitrogens is 5. The molecular weight excluding hydrogens is 262 g/mol. The topological polar surface area (TPSA) is 76.7 Å². The molecule has 6 nitrogen and oxygen atoms in total. The summed E-state index contributed by atoms with van der Waals surface area (Å²) in [7, 11) is 0. The standard InChI is InChI=1S/C12H11N5OS/c1-8(18)12-14-11(6-19-12)9-3-2-4-10(5-9)17-7-13-15-16-17/h2-8,18H,1H3. The number of benzene rings is 1. The lowest BCUT2D eigenvalue weighted by atomic mass is 10.1. The number of thiazole rings is 1. The Hall–Kier alpha value is -2.12. The monoisotopic (exact) mass is 273 g/mol. The van der Waals surface area contributed by atoms with E-state index in [9.17, 15) is 5.11 Å². The van der Waals surface area contributed by atoms with E-state index in [2.05, 4.69) is 20.5 Å². The van der Waals surface area contributed by atoms with Crippen LogP contribution in [0.1, 0.15) is 18.0 Å². The first-order chi connectivity index (χ1) is 9.24. The summed E-state index contributed by atoms with van der Waals surface area (Å²) in [4.78, 5) is 4.41. The summed E-state index contributed by atoms with van der Waals surface area (Å²) in [5, 5.41) is 23.2. The average Bonchev–Trinajstić information content (AvgIpc) is 3.10. The highest BCUT2D eigenvalue weighted by molar-refractivity contribution is 7.10. The predicted molar refractivity (Wildman–Crippen MR) is 70.9 cm³/mol. The van der Waals surface area contributed by atoms with E-state index in [1.807, 2.05) is 29.6 Å². The highest BCUT2D eigenvalue weighted by Gasteiger charge is 2.09. The maximum atomic E-state index is 9.51. The van der Waals surface area contributed by atoms with E-state index in [1.165, 1.54) is 11.3 Å². The van der Waals surface area contributed by atoms with Crippen LogP contribution in [0.15, 0.2) is 36.0 Å². The van der Waals surface area contributed by atoms with Crippen LogP contribution in [0.4, 0.5) is 0 Å². The first-order valence-corrected chi connectivity index (χ1v) is 6.59. The van der Waals surface area contributed by atoms with Crippen molar-refractivity contribution in [1.82, 2.24) is 25.2 Å². The quantitative estimate of drug-likeness (QED) is 0.788. The molecule has 0 fully saturated rings. The molecule has 0 saturated heterocycles. The Morgan fingerprint density at radius 2 is 2.26 bits per heavy atom. The van der Waals surface area contributed by atoms with Gasteiger partial charge in [-0.1, -0.05) is 12.1 Å². The average molecular weight is 273 g/mol. The van der Waals surface area contributed by atoms with Crippen molar-refractivity contribution in [3.8, 4) is 16.9 Å². The molecule has 0 aliphatic carbocycles. The molecule has 0 bridgehead atoms. The molecule has 1 atom stereocenters. The van der Waals surface area contributed by atoms with Gasteiger partial charge in [-0.15, -0.1) is 16.4 Å². The van der Waals surface area contributed by atoms with Crippen molar-refractivity contribution in [3.05, 3.63) is 41.0 Å². The Kier molecular flexibility index (Phi) is 3.06. The van der Waals surface area contributed by atoms with Gasteiger partial charge in [-0.2, -0.15) is 0 Å². The van der Waals surface area contributed by atoms with E-state index in [4.69, 9.17) is 0 Å². The van der Waals surface area contributed by atoms with Crippen LogP contribution >= 0.6 is 11.3 Å². The van der Waals surface area contributed by atoms with Gasteiger partial charge in [0.1, 0.15) is 17.4 Å². The number of rotatable bonds is 3. The van der Waals surface area contributed by atoms with Gasteiger partial charge in [-0.25, -0.2) is 9.67 Å². The van der Waals surface area contributed by atoms with E-state index >= 15 is 0 Å². The van der Waals surface area contributed by atoms with Crippen LogP contribution in [0.2, 0.25) is 0 Å². The van der Waals surface area contributed by atoms with Crippen molar-refractivity contribution in [2.45, 2.75) is 13.0 Å². The van der Waals surface area contributed by atoms with Gasteiger partial charge >= 0.3 is 0 Å². The Morgan fingerprint density at radius 1 is 1.37 bits per heavy atom. The Labute approximate surface area is 113 Å². The fourth-order valence-corrected chi connectivity index (χ4v) is 2.47. The number of hydrogen-bond donors (Lipinski definition) is 1. The SMILES string of the molecule is CC(O)c1nc(-c2cccc(-n3cnnn3)c2)cs1. The molecule has 7 heteroatoms. The third-order valence-corrected chi connectivity index (χ3v) is 3.65. The molecule has 0 aliphatic rings. The Bertz CT molecular complexity index is 677. The zero-order valence-electron chi connectivity index (χ0n) is 10.1. The molecule has 0 radical (unpaired) electrons. The summed E-state index contributed by atoms with van der Waals surface area (Å²) < 4.78 is 1.59. The molecule has 96 valence electrons. The van der Waals surface area contributed by atoms with Gasteiger partial charge in [-0.3, -0.25) is 0 Å². The molecule has 1 aromatic carbocycles. The maximum Gasteiger partial charge on any atom is 0.143 e. The molecule has 1 N–H and O–H groups in total. The second-order valence-electron chi connectivity index (χ2n) is 4.05. The zero-order valence-corrected chi connectivity index (χ0v) is 10.9. The lowest BCUT2D eigenvalue weighted by Crippen LogP contribution is -1.95. The lowest BCUT2D eigenvalue weighted by Gasteiger charge is -2.02. The summed E-state index contributed by atoms with van der Waals surface area (Å²) in [6, 6.07) is 7.77. The minimum Gasteiger partial charge on any atom is -0.386 e. The van der Waals surface area contributed by atoms with Crippen LogP contribution in [0, 0.1) is 0 Å². The Balaban J connectivity index is 1.99. The molecule has 2 aromatic heterocycles. The van der Waals surface area contributed by atoms with Crippen LogP contribution in [0.25, 0.3) is 16.9 Å². The van der Waals surface area contributed by atoms with Crippen LogP contribution in [0.3, 0.4) is 0 Å². The van der Waals surface area contributed by atoms with E-state index < -0.39 is 6.10 Å². The van der Waals surface area contributed by atoms with E-state index in [-0.39, 0.29) is 0 Å². The molecule has 0 spiro atoms. The Morgan fingerprint density at radius 3 is 2.95 bits per heavy atom. The van der Waals surface area contributed by atoms with E-state index in [0.29, 0.717) is 5.01 Å². The lowest BCUT2D eigenvalue weighted by molar-refractivity contribution is 0.199. The van der Waals surface area contributed by atoms with E-state index in [1.54, 1.807) is 17.9 Å². The summed E-state index contributed by atoms with van der Waals surface area (Å²) in [5.41, 5.74) is 2.68. The zero-order chi connectivity index (χ0) is 13.2. The summed E-state index contributed by atoms with van der Waals surface area (Å²) >= 11 is 1.45. The van der Waals surface area contributed by atoms with Crippen molar-refractivity contribution in [2.75, 3.05) is 0 Å². The number of aliphatic hydroxyl groups excluding tert-OH is 1. The molecule has 3 rings (SSSR count). The van der Waals surface area contributed by atoms with Gasteiger partial charge in [0.15, 0.2) is 0 Å². The fraction of sp³-hybridized carbons (Fsp3) is 0.167. The largest absolute Gasteiger partial charge is 0.386 e. The number of hydrogen-bond acceptors (Lipinski definition) is 6. The molecule has 0 saturated carbocycles. The minimum absolute atomic E-state index is 0.540. The fourth-order valence-electron chi connectivity index (χ4n) is 1.70. The third kappa shape index (κ3) is 2.38. The smallest absolute Gasteiger partial charge is 0.143 e. The van der Waals surface area contributed by atoms with Gasteiger partial charge in [0.05, 0.1) is 11.4 Å². The predicted octanol–water partition coefficient (Wildman–Crippen LogP) is 1.84. The summed E-state index contributed by atoms with van der Waals surface area (Å²) in [5.74, 6) is 0. The van der Waals surface area contributed by atoms with Crippen LogP contribution in [0.5, 0.6) is 0 Å². The van der Waals surface area contributed by atoms with Crippen LogP contribution < -0.4 is 0 Å². The van der Waals surface area contributed by atoms with Crippen molar-refractivity contribution in [2.24, 2.45) is 0 Å². The first kappa shape index (κ1) is 11.9. The minimum atomic E-state index is -0.540. The molecule has 1 unspecified atom stereocenters. The number of tetrazole rings is 1. The number of nitrogens with zero attached hydrogens (tertiary/aromatic N) is 5. The summed E-state index contributed by atoms with van der Waals surface area (Å²) in [6.45, 7) is 1.71. The maximum absolute atomic E-state index is 9.51. The molecule has 0 aliphatic heterocycles. The van der Waals surface area contributed by atoms with Gasteiger partial charge in [0.25, 0.3) is 0 Å². The van der Waals surface area contributed by atoms with Crippen molar-refractivity contribution in [1.29, 1.82) is 0 Å². The first-order valence-electron chi connectivity index (χ1n) is 5.71. The van der Waals surface area contributed by atoms with Gasteiger partial charge < -0.3 is 5.11 Å². The van der Waals surface area contributed by atoms with E-state index in [0.717, 1.165) is 16.9 Å². The second-order valence-corrected chi connectivity index (χ2v) is 4.94. The molecule has 2 heterocycles. The molecule has 19 heavy (non-hydrogen) atoms. The van der Waals surface area contributed by atoms with Gasteiger partial charge in [0.2, 0.25) is 0 Å². The summed E-state index contributed by atoms with van der Waals surface area (Å²) in [6.07, 6.45) is 1.00.